The molecule has 1 aliphatic carbocycles. The number of anilines is 5. The van der Waals surface area contributed by atoms with Crippen molar-refractivity contribution < 1.29 is 46.7 Å². The summed E-state index contributed by atoms with van der Waals surface area (Å²) in [6.45, 7) is 12.2. The molecule has 6 amide bonds. The van der Waals surface area contributed by atoms with Gasteiger partial charge >= 0.3 is 5.92 Å². The number of ether oxygens (including phenoxy) is 1. The van der Waals surface area contributed by atoms with Crippen LogP contribution in [0, 0.1) is 5.82 Å². The van der Waals surface area contributed by atoms with Crippen LogP contribution in [0.2, 0.25) is 0 Å². The fourth-order valence-corrected chi connectivity index (χ4v) is 11.4. The van der Waals surface area contributed by atoms with Gasteiger partial charge in [-0.05, 0) is 84.4 Å². The number of methoxy groups -OCH3 is 1. The molecule has 18 nitrogen and oxygen atoms in total. The summed E-state index contributed by atoms with van der Waals surface area (Å²) in [6, 6.07) is 6.14. The van der Waals surface area contributed by atoms with Gasteiger partial charge in [0.2, 0.25) is 17.8 Å². The molecule has 0 spiro atoms. The Morgan fingerprint density at radius 3 is 2.24 bits per heavy atom. The Morgan fingerprint density at radius 2 is 1.57 bits per heavy atom. The molecule has 0 radical (unpaired) electrons. The maximum atomic E-state index is 15.8. The number of nitrogens with one attached hydrogen (secondary N) is 4. The van der Waals surface area contributed by atoms with Crippen LogP contribution in [0.25, 0.3) is 0 Å². The number of amides is 6. The Hall–Kier alpha value is -6.35. The molecule has 21 heteroatoms. The minimum absolute atomic E-state index is 0.0382. The van der Waals surface area contributed by atoms with Gasteiger partial charge in [-0.25, -0.2) is 9.37 Å². The number of fused-ring (bicyclic) bond motifs is 2. The summed E-state index contributed by atoms with van der Waals surface area (Å²) in [7, 11) is 1.38. The molecule has 3 saturated heterocycles. The monoisotopic (exact) mass is 971 g/mol. The van der Waals surface area contributed by atoms with Gasteiger partial charge in [0.15, 0.2) is 5.82 Å². The molecule has 9 rings (SSSR count). The summed E-state index contributed by atoms with van der Waals surface area (Å²) < 4.78 is 51.1. The van der Waals surface area contributed by atoms with Crippen molar-refractivity contribution in [3.63, 3.8) is 0 Å². The number of hydrogen-bond acceptors (Lipinski definition) is 14. The second-order valence-corrected chi connectivity index (χ2v) is 20.5. The normalized spacial score (nSPS) is 21.9. The van der Waals surface area contributed by atoms with Crippen molar-refractivity contribution in [3.8, 4) is 5.75 Å². The van der Waals surface area contributed by atoms with Crippen molar-refractivity contribution in [3.05, 3.63) is 59.0 Å². The van der Waals surface area contributed by atoms with Crippen molar-refractivity contribution in [1.82, 2.24) is 35.3 Å². The highest BCUT2D eigenvalue weighted by molar-refractivity contribution is 6.25. The Labute approximate surface area is 404 Å². The van der Waals surface area contributed by atoms with Gasteiger partial charge in [0.05, 0.1) is 47.9 Å². The third-order valence-electron chi connectivity index (χ3n) is 15.0. The van der Waals surface area contributed by atoms with Gasteiger partial charge in [-0.1, -0.05) is 18.9 Å². The topological polar surface area (TPSA) is 202 Å². The van der Waals surface area contributed by atoms with Crippen molar-refractivity contribution in [2.45, 2.75) is 121 Å². The van der Waals surface area contributed by atoms with Crippen LogP contribution in [0.15, 0.2) is 36.5 Å². The second kappa shape index (κ2) is 18.8. The maximum Gasteiger partial charge on any atom is 0.341 e. The molecule has 1 atom stereocenters. The number of benzene rings is 2. The van der Waals surface area contributed by atoms with Gasteiger partial charge in [-0.15, -0.1) is 0 Å². The average Bonchev–Trinajstić information content (AvgIpc) is 3.92. The highest BCUT2D eigenvalue weighted by Gasteiger charge is 2.48. The molecular formula is C49H60F3N11O7. The molecule has 4 N–H and O–H groups in total. The summed E-state index contributed by atoms with van der Waals surface area (Å²) in [5.41, 5.74) is 0.717. The Balaban J connectivity index is 0.787. The Morgan fingerprint density at radius 1 is 0.886 bits per heavy atom. The molecule has 70 heavy (non-hydrogen) atoms. The number of piperidine rings is 2. The zero-order chi connectivity index (χ0) is 49.9. The Bertz CT molecular complexity index is 2610. The van der Waals surface area contributed by atoms with Gasteiger partial charge in [-0.3, -0.25) is 48.8 Å². The highest BCUT2D eigenvalue weighted by Crippen LogP contribution is 2.40. The molecule has 3 aromatic rings. The minimum atomic E-state index is -3.65. The van der Waals surface area contributed by atoms with E-state index in [4.69, 9.17) is 4.74 Å². The lowest BCUT2D eigenvalue weighted by molar-refractivity contribution is -0.138. The van der Waals surface area contributed by atoms with Crippen molar-refractivity contribution in [2.75, 3.05) is 73.4 Å². The maximum absolute atomic E-state index is 15.8. The molecule has 1 unspecified atom stereocenters. The van der Waals surface area contributed by atoms with Crippen LogP contribution in [0.5, 0.6) is 5.75 Å². The first-order chi connectivity index (χ1) is 33.2. The summed E-state index contributed by atoms with van der Waals surface area (Å²) in [5, 5.41) is 10.4. The quantitative estimate of drug-likeness (QED) is 0.175. The predicted octanol–water partition coefficient (Wildman–Crippen LogP) is 5.07. The summed E-state index contributed by atoms with van der Waals surface area (Å²) in [6.07, 6.45) is 6.59. The number of nitrogens with zero attached hydrogens (tertiary/aromatic N) is 7. The molecule has 4 fully saturated rings. The van der Waals surface area contributed by atoms with E-state index in [0.29, 0.717) is 76.2 Å². The lowest BCUT2D eigenvalue weighted by Gasteiger charge is -2.51. The molecule has 1 saturated carbocycles. The largest absolute Gasteiger partial charge is 0.495 e. The molecule has 0 bridgehead atoms. The fraction of sp³-hybridized carbons (Fsp3) is 0.551. The van der Waals surface area contributed by atoms with Crippen LogP contribution in [-0.2, 0) is 14.4 Å². The molecule has 2 aromatic carbocycles. The molecule has 5 aliphatic heterocycles. The number of likely N-dealkylation sites (tertiary alicyclic amines) is 1. The van der Waals surface area contributed by atoms with E-state index >= 15 is 4.39 Å². The van der Waals surface area contributed by atoms with Crippen molar-refractivity contribution >= 4 is 64.3 Å². The first-order valence-electron chi connectivity index (χ1n) is 24.1. The third kappa shape index (κ3) is 9.36. The van der Waals surface area contributed by atoms with Crippen molar-refractivity contribution in [1.29, 1.82) is 0 Å². The van der Waals surface area contributed by atoms with Crippen LogP contribution in [-0.4, -0.2) is 148 Å². The fourth-order valence-electron chi connectivity index (χ4n) is 11.4. The van der Waals surface area contributed by atoms with E-state index in [1.807, 2.05) is 6.07 Å². The molecule has 6 aliphatic rings. The number of rotatable bonds is 12. The first-order valence-corrected chi connectivity index (χ1v) is 24.1. The number of aromatic nitrogens is 2. The molecular weight excluding hydrogens is 912 g/mol. The Kier molecular flexibility index (Phi) is 13.0. The lowest BCUT2D eigenvalue weighted by Crippen LogP contribution is -2.60. The summed E-state index contributed by atoms with van der Waals surface area (Å²) in [5.74, 6) is -8.37. The second-order valence-electron chi connectivity index (χ2n) is 20.5. The van der Waals surface area contributed by atoms with E-state index in [9.17, 15) is 37.5 Å². The van der Waals surface area contributed by atoms with E-state index in [0.717, 1.165) is 30.2 Å². The van der Waals surface area contributed by atoms with Crippen LogP contribution >= 0.6 is 0 Å². The zero-order valence-electron chi connectivity index (χ0n) is 40.1. The third-order valence-corrected chi connectivity index (χ3v) is 15.0. The first kappa shape index (κ1) is 48.7. The van der Waals surface area contributed by atoms with Crippen LogP contribution in [0.1, 0.15) is 117 Å². The van der Waals surface area contributed by atoms with Gasteiger partial charge in [0.1, 0.15) is 23.3 Å². The van der Waals surface area contributed by atoms with Gasteiger partial charge in [-0.2, -0.15) is 13.8 Å². The number of hydrogen-bond donors (Lipinski definition) is 4. The highest BCUT2D eigenvalue weighted by atomic mass is 19.3. The SMILES string of the molecule is COc1cc(C(=O)NC2CCN(C(C)(C)CC(C)(C)N3CCN(c4cccc5c4C(=O)N(C4CCC(=O)NC4=O)C5=O)CC3)CC2)c(F)cc1Nc1ncc2c(n1)N(C1CCCC1)CC(F)(F)C(=O)N2. The minimum Gasteiger partial charge on any atom is -0.495 e. The standard InChI is InChI=1S/C49H60F3N11O7/c1-47(2,26-48(3,4)61-21-19-59(20-22-61)35-12-8-11-30-39(35)44(68)63(43(30)67)36-13-14-38(64)57-42(36)66)60-17-15-28(16-18-60)54-41(65)31-23-37(70-5)33(24-32(31)50)56-46-53-25-34-40(58-46)62(29-9-6-7-10-29)27-49(51,52)45(69)55-34/h8,11-12,23-25,28-29,36H,6-7,9-10,13-22,26-27H2,1-5H3,(H,54,65)(H,55,69)(H,53,56,58)(H,57,64,66). The number of imide groups is 2. The van der Waals surface area contributed by atoms with Gasteiger partial charge in [0.25, 0.3) is 23.6 Å². The van der Waals surface area contributed by atoms with Gasteiger partial charge < -0.3 is 30.5 Å². The number of alkyl halides is 2. The van der Waals surface area contributed by atoms with Crippen LogP contribution in [0.4, 0.5) is 42.0 Å². The number of carbonyl (C=O) groups is 6. The zero-order valence-corrected chi connectivity index (χ0v) is 40.1. The summed E-state index contributed by atoms with van der Waals surface area (Å²) >= 11 is 0. The van der Waals surface area contributed by atoms with Gasteiger partial charge in [0, 0.05) is 74.9 Å². The van der Waals surface area contributed by atoms with E-state index in [1.54, 1.807) is 12.1 Å². The predicted molar refractivity (Wildman–Crippen MR) is 253 cm³/mol. The van der Waals surface area contributed by atoms with Crippen molar-refractivity contribution in [2.24, 2.45) is 0 Å². The molecule has 1 aromatic heterocycles. The van der Waals surface area contributed by atoms with Crippen LogP contribution < -0.4 is 35.8 Å². The molecule has 374 valence electrons. The lowest BCUT2D eigenvalue weighted by atomic mass is 9.82. The van der Waals surface area contributed by atoms with E-state index in [1.165, 1.54) is 24.3 Å². The van der Waals surface area contributed by atoms with E-state index < -0.39 is 59.8 Å². The number of piperazine rings is 1. The van der Waals surface area contributed by atoms with Crippen LogP contribution in [0.3, 0.4) is 0 Å². The smallest absolute Gasteiger partial charge is 0.341 e. The summed E-state index contributed by atoms with van der Waals surface area (Å²) in [4.78, 5) is 95.8. The average molecular weight is 972 g/mol. The number of halogens is 3. The van der Waals surface area contributed by atoms with E-state index in [2.05, 4.69) is 73.6 Å². The van der Waals surface area contributed by atoms with E-state index in [-0.39, 0.29) is 76.0 Å². The number of carbonyl (C=O) groups excluding carboxylic acids is 6. The molecule has 6 heterocycles.